The van der Waals surface area contributed by atoms with Crippen LogP contribution in [-0.2, 0) is 14.6 Å². The summed E-state index contributed by atoms with van der Waals surface area (Å²) in [7, 11) is -3.45. The highest BCUT2D eigenvalue weighted by atomic mass is 32.2. The van der Waals surface area contributed by atoms with Crippen LogP contribution in [-0.4, -0.2) is 38.6 Å². The van der Waals surface area contributed by atoms with Gasteiger partial charge in [-0.15, -0.1) is 0 Å². The molecule has 1 fully saturated rings. The molecule has 1 aliphatic heterocycles. The zero-order valence-electron chi connectivity index (χ0n) is 11.8. The Bertz CT molecular complexity index is 645. The number of carbonyl (C=O) groups is 2. The van der Waals surface area contributed by atoms with Crippen molar-refractivity contribution in [3.05, 3.63) is 29.8 Å². The number of benzene rings is 1. The molecule has 0 spiro atoms. The van der Waals surface area contributed by atoms with Crippen LogP contribution in [0.4, 0.5) is 0 Å². The van der Waals surface area contributed by atoms with Gasteiger partial charge in [0.25, 0.3) is 5.91 Å². The van der Waals surface area contributed by atoms with Crippen LogP contribution in [0, 0.1) is 0 Å². The largest absolute Gasteiger partial charge is 0.354 e. The van der Waals surface area contributed by atoms with Gasteiger partial charge in [-0.3, -0.25) is 9.59 Å². The number of sulfone groups is 1. The first-order chi connectivity index (χ1) is 9.94. The molecular weight excluding hydrogens is 292 g/mol. The van der Waals surface area contributed by atoms with Crippen molar-refractivity contribution in [2.75, 3.05) is 12.3 Å². The molecule has 1 unspecified atom stereocenters. The summed E-state index contributed by atoms with van der Waals surface area (Å²) in [6.45, 7) is 1.91. The summed E-state index contributed by atoms with van der Waals surface area (Å²) in [6.07, 6.45) is 0.917. The predicted molar refractivity (Wildman–Crippen MR) is 77.7 cm³/mol. The van der Waals surface area contributed by atoms with Gasteiger partial charge >= 0.3 is 0 Å². The molecule has 0 bridgehead atoms. The highest BCUT2D eigenvalue weighted by molar-refractivity contribution is 7.91. The first kappa shape index (κ1) is 15.5. The topological polar surface area (TPSA) is 92.3 Å². The SMILES string of the molecule is CCS(=O)(=O)c1ccccc1C(=O)NC1CCC(=O)NC1. The van der Waals surface area contributed by atoms with Crippen LogP contribution in [0.15, 0.2) is 29.2 Å². The van der Waals surface area contributed by atoms with Crippen molar-refractivity contribution in [1.82, 2.24) is 10.6 Å². The fourth-order valence-corrected chi connectivity index (χ4v) is 3.29. The molecule has 1 aromatic carbocycles. The minimum absolute atomic E-state index is 0.0329. The zero-order valence-corrected chi connectivity index (χ0v) is 12.6. The third kappa shape index (κ3) is 3.60. The molecular formula is C14H18N2O4S. The van der Waals surface area contributed by atoms with Gasteiger partial charge in [-0.25, -0.2) is 8.42 Å². The molecule has 1 aliphatic rings. The van der Waals surface area contributed by atoms with E-state index in [0.717, 1.165) is 0 Å². The van der Waals surface area contributed by atoms with Gasteiger partial charge in [0.15, 0.2) is 9.84 Å². The number of piperidine rings is 1. The molecule has 0 saturated carbocycles. The fraction of sp³-hybridized carbons (Fsp3) is 0.429. The Balaban J connectivity index is 2.18. The van der Waals surface area contributed by atoms with Crippen LogP contribution in [0.3, 0.4) is 0 Å². The van der Waals surface area contributed by atoms with E-state index in [4.69, 9.17) is 0 Å². The van der Waals surface area contributed by atoms with Crippen LogP contribution < -0.4 is 10.6 Å². The van der Waals surface area contributed by atoms with Crippen molar-refractivity contribution >= 4 is 21.7 Å². The number of amides is 2. The highest BCUT2D eigenvalue weighted by Crippen LogP contribution is 2.17. The second-order valence-electron chi connectivity index (χ2n) is 4.91. The van der Waals surface area contributed by atoms with E-state index in [1.807, 2.05) is 0 Å². The maximum absolute atomic E-state index is 12.3. The summed E-state index contributed by atoms with van der Waals surface area (Å²) in [5.74, 6) is -0.519. The lowest BCUT2D eigenvalue weighted by molar-refractivity contribution is -0.122. The Kier molecular flexibility index (Phi) is 4.62. The molecule has 1 heterocycles. The molecule has 2 N–H and O–H groups in total. The maximum atomic E-state index is 12.3. The lowest BCUT2D eigenvalue weighted by atomic mass is 10.1. The monoisotopic (exact) mass is 310 g/mol. The summed E-state index contributed by atoms with van der Waals surface area (Å²) < 4.78 is 24.0. The predicted octanol–water partition coefficient (Wildman–Crippen LogP) is 0.489. The van der Waals surface area contributed by atoms with Crippen LogP contribution in [0.5, 0.6) is 0 Å². The normalized spacial score (nSPS) is 18.9. The van der Waals surface area contributed by atoms with Crippen molar-refractivity contribution < 1.29 is 18.0 Å². The summed E-state index contributed by atoms with van der Waals surface area (Å²) in [5.41, 5.74) is 0.149. The molecule has 1 saturated heterocycles. The van der Waals surface area contributed by atoms with Gasteiger partial charge < -0.3 is 10.6 Å². The van der Waals surface area contributed by atoms with E-state index in [1.165, 1.54) is 12.1 Å². The molecule has 2 amide bonds. The zero-order chi connectivity index (χ0) is 15.5. The molecule has 2 rings (SSSR count). The van der Waals surface area contributed by atoms with Crippen molar-refractivity contribution in [2.45, 2.75) is 30.7 Å². The second-order valence-corrected chi connectivity index (χ2v) is 7.16. The van der Waals surface area contributed by atoms with Crippen molar-refractivity contribution in [2.24, 2.45) is 0 Å². The first-order valence-corrected chi connectivity index (χ1v) is 8.48. The Labute approximate surface area is 123 Å². The van der Waals surface area contributed by atoms with Crippen molar-refractivity contribution in [1.29, 1.82) is 0 Å². The van der Waals surface area contributed by atoms with Gasteiger partial charge in [0.05, 0.1) is 16.2 Å². The van der Waals surface area contributed by atoms with Gasteiger partial charge in [-0.05, 0) is 18.6 Å². The smallest absolute Gasteiger partial charge is 0.252 e. The number of hydrogen-bond donors (Lipinski definition) is 2. The average Bonchev–Trinajstić information content (AvgIpc) is 2.49. The van der Waals surface area contributed by atoms with E-state index in [-0.39, 0.29) is 28.2 Å². The molecule has 114 valence electrons. The van der Waals surface area contributed by atoms with Gasteiger partial charge in [-0.2, -0.15) is 0 Å². The van der Waals surface area contributed by atoms with Gasteiger partial charge in [0.1, 0.15) is 0 Å². The molecule has 7 heteroatoms. The summed E-state index contributed by atoms with van der Waals surface area (Å²) in [5, 5.41) is 5.45. The van der Waals surface area contributed by atoms with Gasteiger partial charge in [0, 0.05) is 19.0 Å². The maximum Gasteiger partial charge on any atom is 0.252 e. The van der Waals surface area contributed by atoms with E-state index in [2.05, 4.69) is 10.6 Å². The number of hydrogen-bond acceptors (Lipinski definition) is 4. The third-order valence-corrected chi connectivity index (χ3v) is 5.23. The van der Waals surface area contributed by atoms with Crippen LogP contribution in [0.1, 0.15) is 30.1 Å². The summed E-state index contributed by atoms with van der Waals surface area (Å²) >= 11 is 0. The molecule has 6 nitrogen and oxygen atoms in total. The Hall–Kier alpha value is -1.89. The molecule has 21 heavy (non-hydrogen) atoms. The number of carbonyl (C=O) groups excluding carboxylic acids is 2. The van der Waals surface area contributed by atoms with E-state index in [1.54, 1.807) is 19.1 Å². The Morgan fingerprint density at radius 1 is 1.38 bits per heavy atom. The standard InChI is InChI=1S/C14H18N2O4S/c1-2-21(19,20)12-6-4-3-5-11(12)14(18)16-10-7-8-13(17)15-9-10/h3-6,10H,2,7-9H2,1H3,(H,15,17)(H,16,18). The van der Waals surface area contributed by atoms with Gasteiger partial charge in [-0.1, -0.05) is 19.1 Å². The first-order valence-electron chi connectivity index (χ1n) is 6.83. The molecule has 0 aliphatic carbocycles. The van der Waals surface area contributed by atoms with Crippen molar-refractivity contribution in [3.63, 3.8) is 0 Å². The molecule has 1 atom stereocenters. The Morgan fingerprint density at radius 3 is 2.71 bits per heavy atom. The molecule has 0 radical (unpaired) electrons. The molecule has 0 aromatic heterocycles. The third-order valence-electron chi connectivity index (χ3n) is 3.45. The lowest BCUT2D eigenvalue weighted by Crippen LogP contribution is -2.47. The molecule has 1 aromatic rings. The van der Waals surface area contributed by atoms with E-state index in [9.17, 15) is 18.0 Å². The average molecular weight is 310 g/mol. The summed E-state index contributed by atoms with van der Waals surface area (Å²) in [4.78, 5) is 23.4. The Morgan fingerprint density at radius 2 is 2.10 bits per heavy atom. The van der Waals surface area contributed by atoms with Gasteiger partial charge in [0.2, 0.25) is 5.91 Å². The quantitative estimate of drug-likeness (QED) is 0.846. The number of nitrogens with one attached hydrogen (secondary N) is 2. The van der Waals surface area contributed by atoms with Crippen LogP contribution in [0.2, 0.25) is 0 Å². The van der Waals surface area contributed by atoms with E-state index >= 15 is 0 Å². The minimum atomic E-state index is -3.45. The van der Waals surface area contributed by atoms with Crippen LogP contribution in [0.25, 0.3) is 0 Å². The van der Waals surface area contributed by atoms with E-state index < -0.39 is 15.7 Å². The van der Waals surface area contributed by atoms with Crippen molar-refractivity contribution in [3.8, 4) is 0 Å². The number of rotatable bonds is 4. The second kappa shape index (κ2) is 6.26. The summed E-state index contributed by atoms with van der Waals surface area (Å²) in [6, 6.07) is 6.00. The van der Waals surface area contributed by atoms with Crippen LogP contribution >= 0.6 is 0 Å². The highest BCUT2D eigenvalue weighted by Gasteiger charge is 2.24. The fourth-order valence-electron chi connectivity index (χ4n) is 2.20. The van der Waals surface area contributed by atoms with E-state index in [0.29, 0.717) is 19.4 Å². The lowest BCUT2D eigenvalue weighted by Gasteiger charge is -2.23. The minimum Gasteiger partial charge on any atom is -0.354 e.